The molecule has 6 nitrogen and oxygen atoms in total. The molecule has 2 heterocycles. The summed E-state index contributed by atoms with van der Waals surface area (Å²) >= 11 is 6.15. The number of amides is 1. The van der Waals surface area contributed by atoms with E-state index in [1.54, 1.807) is 24.5 Å². The Hall–Kier alpha value is -1.96. The molecule has 27 heavy (non-hydrogen) atoms. The molecule has 2 aromatic rings. The maximum absolute atomic E-state index is 12.9. The minimum absolute atomic E-state index is 0.0931. The topological polar surface area (TPSA) is 79.4 Å². The number of carbonyl (C=O) groups excluding carboxylic acids is 1. The van der Waals surface area contributed by atoms with Crippen molar-refractivity contribution in [1.29, 1.82) is 0 Å². The summed E-state index contributed by atoms with van der Waals surface area (Å²) in [5.41, 5.74) is 1.04. The highest BCUT2D eigenvalue weighted by Crippen LogP contribution is 2.26. The predicted molar refractivity (Wildman–Crippen MR) is 104 cm³/mol. The van der Waals surface area contributed by atoms with Gasteiger partial charge in [0.05, 0.1) is 15.5 Å². The third kappa shape index (κ3) is 4.66. The second-order valence-electron chi connectivity index (χ2n) is 6.77. The van der Waals surface area contributed by atoms with E-state index in [0.717, 1.165) is 18.4 Å². The van der Waals surface area contributed by atoms with Crippen molar-refractivity contribution in [1.82, 2.24) is 14.6 Å². The van der Waals surface area contributed by atoms with Crippen LogP contribution in [0.15, 0.2) is 47.6 Å². The zero-order chi connectivity index (χ0) is 19.4. The monoisotopic (exact) mass is 407 g/mol. The SMILES string of the molecule is CC1CCN(S(=O)(=O)c2ccc(Cl)c(C(=O)NCc3ccncc3)c2)CC1. The van der Waals surface area contributed by atoms with Gasteiger partial charge in [0.25, 0.3) is 5.91 Å². The molecule has 0 atom stereocenters. The quantitative estimate of drug-likeness (QED) is 0.825. The summed E-state index contributed by atoms with van der Waals surface area (Å²) in [6.45, 7) is 3.42. The predicted octanol–water partition coefficient (Wildman–Crippen LogP) is 3.09. The molecule has 8 heteroatoms. The van der Waals surface area contributed by atoms with Gasteiger partial charge in [-0.2, -0.15) is 4.31 Å². The number of hydrogen-bond donors (Lipinski definition) is 1. The van der Waals surface area contributed by atoms with Crippen LogP contribution in [0.2, 0.25) is 5.02 Å². The van der Waals surface area contributed by atoms with Crippen LogP contribution in [0, 0.1) is 5.92 Å². The lowest BCUT2D eigenvalue weighted by atomic mass is 10.0. The van der Waals surface area contributed by atoms with Crippen LogP contribution in [0.1, 0.15) is 35.7 Å². The minimum Gasteiger partial charge on any atom is -0.348 e. The summed E-state index contributed by atoms with van der Waals surface area (Å²) in [4.78, 5) is 16.5. The van der Waals surface area contributed by atoms with E-state index >= 15 is 0 Å². The molecule has 1 aliphatic rings. The molecule has 0 saturated carbocycles. The molecule has 3 rings (SSSR count). The number of benzene rings is 1. The Morgan fingerprint density at radius 2 is 1.89 bits per heavy atom. The molecule has 0 spiro atoms. The highest BCUT2D eigenvalue weighted by atomic mass is 35.5. The molecule has 1 amide bonds. The van der Waals surface area contributed by atoms with Crippen LogP contribution in [0.5, 0.6) is 0 Å². The average Bonchev–Trinajstić information content (AvgIpc) is 2.67. The summed E-state index contributed by atoms with van der Waals surface area (Å²) in [7, 11) is -3.64. The van der Waals surface area contributed by atoms with E-state index in [4.69, 9.17) is 11.6 Å². The molecule has 1 N–H and O–H groups in total. The molecule has 1 saturated heterocycles. The zero-order valence-electron chi connectivity index (χ0n) is 15.1. The highest BCUT2D eigenvalue weighted by Gasteiger charge is 2.29. The van der Waals surface area contributed by atoms with Crippen molar-refractivity contribution in [3.05, 3.63) is 58.9 Å². The fourth-order valence-electron chi connectivity index (χ4n) is 2.99. The largest absolute Gasteiger partial charge is 0.348 e. The van der Waals surface area contributed by atoms with Crippen molar-refractivity contribution < 1.29 is 13.2 Å². The van der Waals surface area contributed by atoms with Gasteiger partial charge in [-0.25, -0.2) is 8.42 Å². The Morgan fingerprint density at radius 3 is 2.56 bits per heavy atom. The highest BCUT2D eigenvalue weighted by molar-refractivity contribution is 7.89. The normalized spacial score (nSPS) is 16.2. The van der Waals surface area contributed by atoms with Crippen molar-refractivity contribution >= 4 is 27.5 Å². The second kappa shape index (κ2) is 8.37. The third-order valence-electron chi connectivity index (χ3n) is 4.77. The standard InChI is InChI=1S/C19H22ClN3O3S/c1-14-6-10-23(11-7-14)27(25,26)16-2-3-18(20)17(12-16)19(24)22-13-15-4-8-21-9-5-15/h2-5,8-9,12,14H,6-7,10-11,13H2,1H3,(H,22,24). The van der Waals surface area contributed by atoms with Crippen LogP contribution >= 0.6 is 11.6 Å². The molecule has 0 bridgehead atoms. The van der Waals surface area contributed by atoms with Gasteiger partial charge in [0, 0.05) is 32.0 Å². The van der Waals surface area contributed by atoms with Gasteiger partial charge >= 0.3 is 0 Å². The first-order valence-electron chi connectivity index (χ1n) is 8.84. The van der Waals surface area contributed by atoms with Gasteiger partial charge in [-0.15, -0.1) is 0 Å². The van der Waals surface area contributed by atoms with Crippen LogP contribution in [-0.2, 0) is 16.6 Å². The number of sulfonamides is 1. The van der Waals surface area contributed by atoms with Gasteiger partial charge < -0.3 is 5.32 Å². The smallest absolute Gasteiger partial charge is 0.253 e. The van der Waals surface area contributed by atoms with E-state index < -0.39 is 15.9 Å². The van der Waals surface area contributed by atoms with E-state index in [9.17, 15) is 13.2 Å². The summed E-state index contributed by atoms with van der Waals surface area (Å²) < 4.78 is 27.3. The lowest BCUT2D eigenvalue weighted by Crippen LogP contribution is -2.38. The van der Waals surface area contributed by atoms with Gasteiger partial charge in [0.15, 0.2) is 0 Å². The molecule has 1 aliphatic heterocycles. The number of piperidine rings is 1. The maximum atomic E-state index is 12.9. The Labute approximate surface area is 164 Å². The molecular weight excluding hydrogens is 386 g/mol. The Bertz CT molecular complexity index is 911. The summed E-state index contributed by atoms with van der Waals surface area (Å²) in [5.74, 6) is 0.109. The summed E-state index contributed by atoms with van der Waals surface area (Å²) in [6.07, 6.45) is 4.96. The molecular formula is C19H22ClN3O3S. The molecule has 144 valence electrons. The Balaban J connectivity index is 1.78. The van der Waals surface area contributed by atoms with Crippen LogP contribution in [-0.4, -0.2) is 36.7 Å². The van der Waals surface area contributed by atoms with Crippen molar-refractivity contribution in [2.75, 3.05) is 13.1 Å². The van der Waals surface area contributed by atoms with Gasteiger partial charge in [-0.1, -0.05) is 18.5 Å². The van der Waals surface area contributed by atoms with Crippen molar-refractivity contribution in [3.63, 3.8) is 0 Å². The first kappa shape index (κ1) is 19.8. The number of hydrogen-bond acceptors (Lipinski definition) is 4. The van der Waals surface area contributed by atoms with Gasteiger partial charge in [-0.3, -0.25) is 9.78 Å². The van der Waals surface area contributed by atoms with E-state index in [2.05, 4.69) is 17.2 Å². The molecule has 0 unspecified atom stereocenters. The fraction of sp³-hybridized carbons (Fsp3) is 0.368. The lowest BCUT2D eigenvalue weighted by Gasteiger charge is -2.29. The number of nitrogens with zero attached hydrogens (tertiary/aromatic N) is 2. The number of rotatable bonds is 5. The number of pyridine rings is 1. The minimum atomic E-state index is -3.64. The van der Waals surface area contributed by atoms with E-state index in [1.165, 1.54) is 22.5 Å². The number of aromatic nitrogens is 1. The molecule has 0 radical (unpaired) electrons. The fourth-order valence-corrected chi connectivity index (χ4v) is 4.69. The average molecular weight is 408 g/mol. The first-order valence-corrected chi connectivity index (χ1v) is 10.7. The van der Waals surface area contributed by atoms with E-state index in [-0.39, 0.29) is 15.5 Å². The molecule has 0 aliphatic carbocycles. The Morgan fingerprint density at radius 1 is 1.22 bits per heavy atom. The summed E-state index contributed by atoms with van der Waals surface area (Å²) in [5, 5.41) is 2.98. The van der Waals surface area contributed by atoms with E-state index in [0.29, 0.717) is 25.6 Å². The lowest BCUT2D eigenvalue weighted by molar-refractivity contribution is 0.0951. The first-order chi connectivity index (χ1) is 12.9. The van der Waals surface area contributed by atoms with Gasteiger partial charge in [-0.05, 0) is 54.7 Å². The summed E-state index contributed by atoms with van der Waals surface area (Å²) in [6, 6.07) is 7.86. The van der Waals surface area contributed by atoms with Crippen molar-refractivity contribution in [3.8, 4) is 0 Å². The second-order valence-corrected chi connectivity index (χ2v) is 9.11. The van der Waals surface area contributed by atoms with Gasteiger partial charge in [0.1, 0.15) is 0 Å². The third-order valence-corrected chi connectivity index (χ3v) is 6.99. The molecule has 1 fully saturated rings. The van der Waals surface area contributed by atoms with Crippen LogP contribution in [0.4, 0.5) is 0 Å². The Kier molecular flexibility index (Phi) is 6.14. The van der Waals surface area contributed by atoms with E-state index in [1.807, 2.05) is 0 Å². The molecule has 1 aromatic carbocycles. The molecule has 1 aromatic heterocycles. The van der Waals surface area contributed by atoms with Crippen LogP contribution in [0.25, 0.3) is 0 Å². The number of halogens is 1. The van der Waals surface area contributed by atoms with Crippen LogP contribution in [0.3, 0.4) is 0 Å². The van der Waals surface area contributed by atoms with Crippen molar-refractivity contribution in [2.45, 2.75) is 31.2 Å². The van der Waals surface area contributed by atoms with Gasteiger partial charge in [0.2, 0.25) is 10.0 Å². The van der Waals surface area contributed by atoms with Crippen molar-refractivity contribution in [2.24, 2.45) is 5.92 Å². The number of carbonyl (C=O) groups is 1. The zero-order valence-corrected chi connectivity index (χ0v) is 16.6. The number of nitrogens with one attached hydrogen (secondary N) is 1. The van der Waals surface area contributed by atoms with Crippen LogP contribution < -0.4 is 5.32 Å². The maximum Gasteiger partial charge on any atom is 0.253 e.